The maximum absolute atomic E-state index is 12.3. The Morgan fingerprint density at radius 3 is 3.00 bits per heavy atom. The fourth-order valence-electron chi connectivity index (χ4n) is 2.72. The summed E-state index contributed by atoms with van der Waals surface area (Å²) in [6.45, 7) is 4.58. The Hall–Kier alpha value is -2.63. The molecule has 1 aromatic heterocycles. The summed E-state index contributed by atoms with van der Waals surface area (Å²) in [5, 5.41) is 5.80. The number of fused-ring (bicyclic) bond motifs is 1. The second kappa shape index (κ2) is 5.63. The lowest BCUT2D eigenvalue weighted by molar-refractivity contribution is -0.116. The molecule has 2 heterocycles. The van der Waals surface area contributed by atoms with E-state index < -0.39 is 0 Å². The van der Waals surface area contributed by atoms with Crippen molar-refractivity contribution in [3.05, 3.63) is 41.5 Å². The Balaban J connectivity index is 1.86. The van der Waals surface area contributed by atoms with E-state index in [4.69, 9.17) is 0 Å². The second-order valence-electron chi connectivity index (χ2n) is 5.39. The zero-order valence-electron chi connectivity index (χ0n) is 12.6. The van der Waals surface area contributed by atoms with Crippen molar-refractivity contribution >= 4 is 23.2 Å². The van der Waals surface area contributed by atoms with Crippen LogP contribution in [-0.4, -0.2) is 21.4 Å². The number of rotatable bonds is 3. The molecule has 1 aliphatic heterocycles. The maximum Gasteiger partial charge on any atom is 0.273 e. The van der Waals surface area contributed by atoms with Crippen LogP contribution in [0.2, 0.25) is 0 Å². The highest BCUT2D eigenvalue weighted by atomic mass is 16.2. The third-order valence-corrected chi connectivity index (χ3v) is 3.85. The van der Waals surface area contributed by atoms with Crippen LogP contribution in [0.4, 0.5) is 11.4 Å². The zero-order valence-corrected chi connectivity index (χ0v) is 12.6. The molecule has 0 saturated carbocycles. The Bertz CT molecular complexity index is 749. The van der Waals surface area contributed by atoms with Gasteiger partial charge in [0, 0.05) is 24.3 Å². The molecule has 0 unspecified atom stereocenters. The largest absolute Gasteiger partial charge is 0.327 e. The molecule has 0 spiro atoms. The molecule has 0 fully saturated rings. The molecule has 6 heteroatoms. The molecule has 0 atom stereocenters. The van der Waals surface area contributed by atoms with Crippen molar-refractivity contribution in [3.8, 4) is 0 Å². The van der Waals surface area contributed by atoms with Crippen LogP contribution in [0.3, 0.4) is 0 Å². The molecular weight excluding hydrogens is 280 g/mol. The van der Waals surface area contributed by atoms with Gasteiger partial charge in [-0.25, -0.2) is 4.98 Å². The Morgan fingerprint density at radius 2 is 2.23 bits per heavy atom. The van der Waals surface area contributed by atoms with E-state index in [1.807, 2.05) is 26.0 Å². The van der Waals surface area contributed by atoms with E-state index in [1.165, 1.54) is 0 Å². The Morgan fingerprint density at radius 1 is 1.41 bits per heavy atom. The Kier molecular flexibility index (Phi) is 3.66. The molecule has 2 N–H and O–H groups in total. The van der Waals surface area contributed by atoms with Gasteiger partial charge in [0.15, 0.2) is 0 Å². The zero-order chi connectivity index (χ0) is 15.7. The van der Waals surface area contributed by atoms with Gasteiger partial charge in [-0.05, 0) is 43.5 Å². The summed E-state index contributed by atoms with van der Waals surface area (Å²) in [5.41, 5.74) is 4.14. The fourth-order valence-corrected chi connectivity index (χ4v) is 2.72. The monoisotopic (exact) mass is 298 g/mol. The van der Waals surface area contributed by atoms with Crippen molar-refractivity contribution in [3.63, 3.8) is 0 Å². The third kappa shape index (κ3) is 2.59. The number of amides is 2. The van der Waals surface area contributed by atoms with Gasteiger partial charge in [-0.2, -0.15) is 0 Å². The molecule has 0 bridgehead atoms. The standard InChI is InChI=1S/C16H18N4O2/c1-3-20-9-17-8-13(20)16(22)18-12-6-10(2)15-11(7-12)4-5-14(21)19-15/h6-9H,3-5H2,1-2H3,(H,18,22)(H,19,21). The van der Waals surface area contributed by atoms with E-state index in [0.717, 1.165) is 22.5 Å². The van der Waals surface area contributed by atoms with Crippen LogP contribution in [0, 0.1) is 6.92 Å². The molecular formula is C16H18N4O2. The molecule has 2 aromatic rings. The molecule has 0 aliphatic carbocycles. The quantitative estimate of drug-likeness (QED) is 0.913. The van der Waals surface area contributed by atoms with Gasteiger partial charge in [0.05, 0.1) is 12.5 Å². The number of nitrogens with zero attached hydrogens (tertiary/aromatic N) is 2. The average Bonchev–Trinajstić information content (AvgIpc) is 2.97. The molecule has 6 nitrogen and oxygen atoms in total. The lowest BCUT2D eigenvalue weighted by atomic mass is 9.98. The molecule has 114 valence electrons. The van der Waals surface area contributed by atoms with Crippen LogP contribution < -0.4 is 10.6 Å². The van der Waals surface area contributed by atoms with E-state index in [-0.39, 0.29) is 11.8 Å². The normalized spacial score (nSPS) is 13.5. The first-order valence-corrected chi connectivity index (χ1v) is 7.33. The van der Waals surface area contributed by atoms with Crippen molar-refractivity contribution in [1.82, 2.24) is 9.55 Å². The summed E-state index contributed by atoms with van der Waals surface area (Å²) < 4.78 is 1.79. The highest BCUT2D eigenvalue weighted by molar-refractivity contribution is 6.03. The molecule has 0 saturated heterocycles. The number of hydrogen-bond donors (Lipinski definition) is 2. The minimum atomic E-state index is -0.182. The summed E-state index contributed by atoms with van der Waals surface area (Å²) in [4.78, 5) is 27.8. The highest BCUT2D eigenvalue weighted by Crippen LogP contribution is 2.30. The first-order valence-electron chi connectivity index (χ1n) is 7.33. The van der Waals surface area contributed by atoms with Crippen LogP contribution in [0.5, 0.6) is 0 Å². The van der Waals surface area contributed by atoms with E-state index in [9.17, 15) is 9.59 Å². The lowest BCUT2D eigenvalue weighted by Crippen LogP contribution is -2.21. The number of benzene rings is 1. The first-order chi connectivity index (χ1) is 10.6. The first kappa shape index (κ1) is 14.3. The average molecular weight is 298 g/mol. The maximum atomic E-state index is 12.3. The summed E-state index contributed by atoms with van der Waals surface area (Å²) in [5.74, 6) is -0.141. The van der Waals surface area contributed by atoms with Crippen LogP contribution in [0.1, 0.15) is 35.0 Å². The van der Waals surface area contributed by atoms with Crippen LogP contribution in [0.15, 0.2) is 24.7 Å². The number of nitrogens with one attached hydrogen (secondary N) is 2. The van der Waals surface area contributed by atoms with Gasteiger partial charge in [0.2, 0.25) is 5.91 Å². The highest BCUT2D eigenvalue weighted by Gasteiger charge is 2.18. The minimum absolute atomic E-state index is 0.0410. The summed E-state index contributed by atoms with van der Waals surface area (Å²) in [6.07, 6.45) is 4.37. The predicted molar refractivity (Wildman–Crippen MR) is 84.0 cm³/mol. The number of imidazole rings is 1. The SMILES string of the molecule is CCn1cncc1C(=O)Nc1cc(C)c2c(c1)CCC(=O)N2. The predicted octanol–water partition coefficient (Wildman–Crippen LogP) is 2.35. The fraction of sp³-hybridized carbons (Fsp3) is 0.312. The Labute approximate surface area is 128 Å². The molecule has 3 rings (SSSR count). The van der Waals surface area contributed by atoms with Gasteiger partial charge in [-0.1, -0.05) is 0 Å². The summed E-state index contributed by atoms with van der Waals surface area (Å²) in [7, 11) is 0. The summed E-state index contributed by atoms with van der Waals surface area (Å²) in [6, 6.07) is 3.79. The number of carbonyl (C=O) groups is 2. The van der Waals surface area contributed by atoms with Gasteiger partial charge >= 0.3 is 0 Å². The van der Waals surface area contributed by atoms with Crippen LogP contribution >= 0.6 is 0 Å². The number of carbonyl (C=O) groups excluding carboxylic acids is 2. The number of aromatic nitrogens is 2. The van der Waals surface area contributed by atoms with Gasteiger partial charge in [-0.3, -0.25) is 9.59 Å². The lowest BCUT2D eigenvalue weighted by Gasteiger charge is -2.20. The van der Waals surface area contributed by atoms with Crippen molar-refractivity contribution in [1.29, 1.82) is 0 Å². The van der Waals surface area contributed by atoms with E-state index in [1.54, 1.807) is 17.1 Å². The van der Waals surface area contributed by atoms with E-state index in [2.05, 4.69) is 15.6 Å². The van der Waals surface area contributed by atoms with E-state index in [0.29, 0.717) is 25.1 Å². The molecule has 1 aromatic carbocycles. The molecule has 1 aliphatic rings. The van der Waals surface area contributed by atoms with Crippen LogP contribution in [-0.2, 0) is 17.8 Å². The molecule has 0 radical (unpaired) electrons. The third-order valence-electron chi connectivity index (χ3n) is 3.85. The van der Waals surface area contributed by atoms with Gasteiger partial charge in [-0.15, -0.1) is 0 Å². The van der Waals surface area contributed by atoms with Gasteiger partial charge in [0.25, 0.3) is 5.91 Å². The van der Waals surface area contributed by atoms with Crippen molar-refractivity contribution in [2.24, 2.45) is 0 Å². The molecule has 22 heavy (non-hydrogen) atoms. The second-order valence-corrected chi connectivity index (χ2v) is 5.39. The van der Waals surface area contributed by atoms with Gasteiger partial charge in [0.1, 0.15) is 5.69 Å². The van der Waals surface area contributed by atoms with Crippen molar-refractivity contribution in [2.45, 2.75) is 33.2 Å². The van der Waals surface area contributed by atoms with E-state index >= 15 is 0 Å². The van der Waals surface area contributed by atoms with Gasteiger partial charge < -0.3 is 15.2 Å². The number of aryl methyl sites for hydroxylation is 3. The topological polar surface area (TPSA) is 76.0 Å². The molecule has 2 amide bonds. The number of anilines is 2. The van der Waals surface area contributed by atoms with Crippen LogP contribution in [0.25, 0.3) is 0 Å². The smallest absolute Gasteiger partial charge is 0.273 e. The summed E-state index contributed by atoms with van der Waals surface area (Å²) >= 11 is 0. The van der Waals surface area contributed by atoms with Crippen molar-refractivity contribution in [2.75, 3.05) is 10.6 Å². The minimum Gasteiger partial charge on any atom is -0.327 e. The number of hydrogen-bond acceptors (Lipinski definition) is 3. The van der Waals surface area contributed by atoms with Crippen molar-refractivity contribution < 1.29 is 9.59 Å².